The van der Waals surface area contributed by atoms with E-state index in [0.29, 0.717) is 36.0 Å². The van der Waals surface area contributed by atoms with Crippen LogP contribution in [0.25, 0.3) is 0 Å². The molecule has 0 saturated carbocycles. The monoisotopic (exact) mass is 545 g/mol. The number of halogens is 2. The Kier molecular flexibility index (Phi) is 8.13. The normalized spacial score (nSPS) is 22.1. The second-order valence-corrected chi connectivity index (χ2v) is 12.3. The van der Waals surface area contributed by atoms with E-state index >= 15 is 0 Å². The van der Waals surface area contributed by atoms with Crippen LogP contribution in [0.2, 0.25) is 10.0 Å². The maximum absolute atomic E-state index is 12.9. The van der Waals surface area contributed by atoms with Crippen molar-refractivity contribution in [1.29, 1.82) is 0 Å². The topological polar surface area (TPSA) is 75.9 Å². The van der Waals surface area contributed by atoms with Crippen molar-refractivity contribution >= 4 is 35.2 Å². The summed E-state index contributed by atoms with van der Waals surface area (Å²) in [5, 5.41) is 1.03. The van der Waals surface area contributed by atoms with Crippen molar-refractivity contribution in [3.63, 3.8) is 0 Å². The molecule has 2 N–H and O–H groups in total. The fourth-order valence-electron chi connectivity index (χ4n) is 5.73. The second-order valence-electron chi connectivity index (χ2n) is 11.5. The van der Waals surface area contributed by atoms with Gasteiger partial charge >= 0.3 is 6.09 Å². The molecule has 0 aliphatic carbocycles. The number of piperidine rings is 1. The fourth-order valence-corrected chi connectivity index (χ4v) is 6.03. The zero-order chi connectivity index (χ0) is 26.8. The first-order chi connectivity index (χ1) is 17.4. The molecule has 200 valence electrons. The van der Waals surface area contributed by atoms with Gasteiger partial charge in [-0.05, 0) is 89.3 Å². The summed E-state index contributed by atoms with van der Waals surface area (Å²) in [5.41, 5.74) is 6.58. The van der Waals surface area contributed by atoms with E-state index in [1.54, 1.807) is 4.90 Å². The average molecular weight is 547 g/mol. The number of amides is 2. The zero-order valence-corrected chi connectivity index (χ0v) is 23.4. The van der Waals surface area contributed by atoms with Gasteiger partial charge < -0.3 is 20.3 Å². The third-order valence-electron chi connectivity index (χ3n) is 7.95. The van der Waals surface area contributed by atoms with Crippen LogP contribution in [0.4, 0.5) is 4.79 Å². The maximum atomic E-state index is 12.9. The third-order valence-corrected chi connectivity index (χ3v) is 8.69. The Labute approximate surface area is 230 Å². The summed E-state index contributed by atoms with van der Waals surface area (Å²) >= 11 is 12.6. The van der Waals surface area contributed by atoms with Crippen LogP contribution in [-0.4, -0.2) is 60.1 Å². The van der Waals surface area contributed by atoms with Crippen molar-refractivity contribution in [2.45, 2.75) is 62.9 Å². The molecule has 0 radical (unpaired) electrons. The van der Waals surface area contributed by atoms with E-state index in [1.807, 2.05) is 69.3 Å². The number of hydrogen-bond donors (Lipinski definition) is 1. The fraction of sp³-hybridized carbons (Fsp3) is 0.517. The molecule has 0 bridgehead atoms. The molecule has 8 heteroatoms. The number of carbonyl (C=O) groups is 2. The highest BCUT2D eigenvalue weighted by atomic mass is 35.5. The molecule has 1 atom stereocenters. The summed E-state index contributed by atoms with van der Waals surface area (Å²) in [6.07, 6.45) is 2.75. The van der Waals surface area contributed by atoms with Crippen LogP contribution in [0.1, 0.15) is 57.6 Å². The Balaban J connectivity index is 1.49. The van der Waals surface area contributed by atoms with Gasteiger partial charge in [-0.3, -0.25) is 4.79 Å². The summed E-state index contributed by atoms with van der Waals surface area (Å²) in [7, 11) is 0. The van der Waals surface area contributed by atoms with Crippen LogP contribution < -0.4 is 5.73 Å². The molecule has 2 aromatic carbocycles. The van der Waals surface area contributed by atoms with Crippen molar-refractivity contribution < 1.29 is 14.3 Å². The van der Waals surface area contributed by atoms with Gasteiger partial charge in [0.25, 0.3) is 0 Å². The molecule has 0 aromatic heterocycles. The van der Waals surface area contributed by atoms with Crippen LogP contribution in [0.5, 0.6) is 0 Å². The molecule has 2 saturated heterocycles. The smallest absolute Gasteiger partial charge is 0.410 e. The van der Waals surface area contributed by atoms with Gasteiger partial charge in [0.2, 0.25) is 5.91 Å². The number of primary amides is 1. The molecule has 0 spiro atoms. The molecule has 2 aliphatic rings. The molecule has 6 nitrogen and oxygen atoms in total. The van der Waals surface area contributed by atoms with Crippen molar-refractivity contribution in [2.24, 2.45) is 5.73 Å². The van der Waals surface area contributed by atoms with E-state index < -0.39 is 11.0 Å². The molecule has 2 aliphatic heterocycles. The molecule has 2 fully saturated rings. The second kappa shape index (κ2) is 10.8. The van der Waals surface area contributed by atoms with E-state index in [-0.39, 0.29) is 17.4 Å². The van der Waals surface area contributed by atoms with E-state index in [1.165, 1.54) is 0 Å². The lowest BCUT2D eigenvalue weighted by Crippen LogP contribution is -2.50. The maximum Gasteiger partial charge on any atom is 0.410 e. The third kappa shape index (κ3) is 6.08. The number of rotatable bonds is 6. The summed E-state index contributed by atoms with van der Waals surface area (Å²) in [6, 6.07) is 15.7. The van der Waals surface area contributed by atoms with Crippen LogP contribution in [0.3, 0.4) is 0 Å². The summed E-state index contributed by atoms with van der Waals surface area (Å²) in [6.45, 7) is 9.22. The number of ether oxygens (including phenoxy) is 1. The number of hydrogen-bond acceptors (Lipinski definition) is 4. The lowest BCUT2D eigenvalue weighted by atomic mass is 9.71. The Hall–Kier alpha value is -2.28. The molecular weight excluding hydrogens is 509 g/mol. The number of benzene rings is 2. The first-order valence-corrected chi connectivity index (χ1v) is 13.7. The van der Waals surface area contributed by atoms with Gasteiger partial charge in [-0.2, -0.15) is 0 Å². The van der Waals surface area contributed by atoms with Gasteiger partial charge in [-0.25, -0.2) is 4.79 Å². The lowest BCUT2D eigenvalue weighted by Gasteiger charge is -2.41. The minimum absolute atomic E-state index is 0.255. The van der Waals surface area contributed by atoms with Crippen molar-refractivity contribution in [3.8, 4) is 0 Å². The molecule has 2 amide bonds. The van der Waals surface area contributed by atoms with Gasteiger partial charge in [0, 0.05) is 18.5 Å². The first kappa shape index (κ1) is 27.7. The van der Waals surface area contributed by atoms with Gasteiger partial charge in [0.15, 0.2) is 0 Å². The highest BCUT2D eigenvalue weighted by molar-refractivity contribution is 6.42. The minimum atomic E-state index is -0.625. The van der Waals surface area contributed by atoms with E-state index in [2.05, 4.69) is 4.90 Å². The molecule has 2 aromatic rings. The Bertz CT molecular complexity index is 1130. The Morgan fingerprint density at radius 3 is 2.22 bits per heavy atom. The van der Waals surface area contributed by atoms with Crippen LogP contribution in [0.15, 0.2) is 48.5 Å². The minimum Gasteiger partial charge on any atom is -0.444 e. The van der Waals surface area contributed by atoms with E-state index in [0.717, 1.165) is 43.6 Å². The van der Waals surface area contributed by atoms with Crippen molar-refractivity contribution in [2.75, 3.05) is 32.7 Å². The van der Waals surface area contributed by atoms with Gasteiger partial charge in [-0.15, -0.1) is 0 Å². The van der Waals surface area contributed by atoms with Crippen LogP contribution in [-0.2, 0) is 20.4 Å². The SMILES string of the molecule is CC(C)(C)OC(=O)N1CCC(CCN2CCC(C(N)=O)(c3ccccc3)CC2)(c2ccc(Cl)c(Cl)c2)C1. The zero-order valence-electron chi connectivity index (χ0n) is 21.9. The first-order valence-electron chi connectivity index (χ1n) is 13.0. The largest absolute Gasteiger partial charge is 0.444 e. The van der Waals surface area contributed by atoms with Crippen LogP contribution >= 0.6 is 23.2 Å². The van der Waals surface area contributed by atoms with Gasteiger partial charge in [-0.1, -0.05) is 59.6 Å². The molecule has 1 unspecified atom stereocenters. The van der Waals surface area contributed by atoms with E-state index in [4.69, 9.17) is 33.7 Å². The predicted molar refractivity (Wildman–Crippen MR) is 148 cm³/mol. The van der Waals surface area contributed by atoms with Crippen LogP contribution in [0, 0.1) is 0 Å². The van der Waals surface area contributed by atoms with E-state index in [9.17, 15) is 9.59 Å². The van der Waals surface area contributed by atoms with Crippen molar-refractivity contribution in [1.82, 2.24) is 9.80 Å². The lowest BCUT2D eigenvalue weighted by molar-refractivity contribution is -0.125. The quantitative estimate of drug-likeness (QED) is 0.499. The van der Waals surface area contributed by atoms with Gasteiger partial charge in [0.1, 0.15) is 5.60 Å². The molecular formula is C29H37Cl2N3O3. The summed E-state index contributed by atoms with van der Waals surface area (Å²) < 4.78 is 5.66. The molecule has 37 heavy (non-hydrogen) atoms. The highest BCUT2D eigenvalue weighted by Crippen LogP contribution is 2.42. The van der Waals surface area contributed by atoms with Crippen molar-refractivity contribution in [3.05, 3.63) is 69.7 Å². The molecule has 4 rings (SSSR count). The highest BCUT2D eigenvalue weighted by Gasteiger charge is 2.45. The Morgan fingerprint density at radius 2 is 1.62 bits per heavy atom. The predicted octanol–water partition coefficient (Wildman–Crippen LogP) is 5.78. The standard InChI is InChI=1S/C29H37Cl2N3O3/c1-27(2,3)37-26(36)34-18-12-28(20-34,22-9-10-23(30)24(31)19-22)11-15-33-16-13-29(14-17-33,25(32)35)21-7-5-4-6-8-21/h4-10,19H,11-18,20H2,1-3H3,(H2,32,35). The molecule has 2 heterocycles. The average Bonchev–Trinajstić information content (AvgIpc) is 3.30. The number of nitrogens with zero attached hydrogens (tertiary/aromatic N) is 2. The van der Waals surface area contributed by atoms with Gasteiger partial charge in [0.05, 0.1) is 15.5 Å². The number of likely N-dealkylation sites (tertiary alicyclic amines) is 2. The summed E-state index contributed by atoms with van der Waals surface area (Å²) in [5.74, 6) is -0.255. The number of nitrogens with two attached hydrogens (primary N) is 1. The number of carbonyl (C=O) groups excluding carboxylic acids is 2. The Morgan fingerprint density at radius 1 is 0.946 bits per heavy atom. The summed E-state index contributed by atoms with van der Waals surface area (Å²) in [4.78, 5) is 29.7.